The first-order valence-corrected chi connectivity index (χ1v) is 6.74. The lowest BCUT2D eigenvalue weighted by atomic mass is 9.99. The Morgan fingerprint density at radius 1 is 1.42 bits per heavy atom. The van der Waals surface area contributed by atoms with E-state index in [1.165, 1.54) is 0 Å². The summed E-state index contributed by atoms with van der Waals surface area (Å²) >= 11 is 0. The van der Waals surface area contributed by atoms with Crippen LogP contribution in [0.4, 0.5) is 0 Å². The number of hydrogen-bond donors (Lipinski definition) is 1. The minimum absolute atomic E-state index is 0. The van der Waals surface area contributed by atoms with E-state index in [0.717, 1.165) is 31.5 Å². The first-order chi connectivity index (χ1) is 8.74. The molecule has 1 heterocycles. The van der Waals surface area contributed by atoms with Crippen molar-refractivity contribution in [1.82, 2.24) is 10.2 Å². The fourth-order valence-electron chi connectivity index (χ4n) is 2.71. The normalized spacial score (nSPS) is 19.9. The van der Waals surface area contributed by atoms with E-state index in [9.17, 15) is 4.79 Å². The zero-order valence-electron chi connectivity index (χ0n) is 11.6. The molecule has 106 valence electrons. The van der Waals surface area contributed by atoms with Gasteiger partial charge in [-0.1, -0.05) is 30.3 Å². The molecule has 0 aliphatic carbocycles. The number of carbonyl (C=O) groups is 1. The molecule has 1 aromatic carbocycles. The zero-order chi connectivity index (χ0) is 13.0. The molecule has 1 aliphatic rings. The van der Waals surface area contributed by atoms with Gasteiger partial charge in [0.1, 0.15) is 0 Å². The highest BCUT2D eigenvalue weighted by atomic mass is 35.5. The molecular formula is C15H23ClN2O. The van der Waals surface area contributed by atoms with E-state index in [-0.39, 0.29) is 24.2 Å². The summed E-state index contributed by atoms with van der Waals surface area (Å²) in [5, 5.41) is 3.18. The molecule has 1 fully saturated rings. The van der Waals surface area contributed by atoms with Crippen molar-refractivity contribution in [2.75, 3.05) is 20.1 Å². The minimum Gasteiger partial charge on any atom is -0.338 e. The summed E-state index contributed by atoms with van der Waals surface area (Å²) in [4.78, 5) is 14.6. The van der Waals surface area contributed by atoms with Crippen LogP contribution in [0.15, 0.2) is 30.3 Å². The van der Waals surface area contributed by atoms with Gasteiger partial charge in [-0.15, -0.1) is 12.4 Å². The third-order valence-electron chi connectivity index (χ3n) is 3.77. The number of likely N-dealkylation sites (tertiary alicyclic amines) is 1. The van der Waals surface area contributed by atoms with Crippen LogP contribution in [-0.4, -0.2) is 37.0 Å². The van der Waals surface area contributed by atoms with Gasteiger partial charge in [0.2, 0.25) is 5.91 Å². The topological polar surface area (TPSA) is 32.3 Å². The molecule has 0 radical (unpaired) electrons. The van der Waals surface area contributed by atoms with Gasteiger partial charge < -0.3 is 10.2 Å². The van der Waals surface area contributed by atoms with Crippen LogP contribution < -0.4 is 5.32 Å². The van der Waals surface area contributed by atoms with Gasteiger partial charge in [-0.25, -0.2) is 0 Å². The van der Waals surface area contributed by atoms with Gasteiger partial charge in [-0.2, -0.15) is 0 Å². The molecule has 0 aromatic heterocycles. The highest BCUT2D eigenvalue weighted by Gasteiger charge is 2.31. The van der Waals surface area contributed by atoms with Crippen molar-refractivity contribution < 1.29 is 4.79 Å². The summed E-state index contributed by atoms with van der Waals surface area (Å²) < 4.78 is 0. The van der Waals surface area contributed by atoms with Crippen molar-refractivity contribution in [3.63, 3.8) is 0 Å². The maximum atomic E-state index is 12.5. The molecule has 1 amide bonds. The molecule has 0 bridgehead atoms. The zero-order valence-corrected chi connectivity index (χ0v) is 12.5. The molecule has 2 unspecified atom stereocenters. The SMILES string of the molecule is CNCC1CCCN1C(=O)C(C)c1ccccc1.Cl. The van der Waals surface area contributed by atoms with Crippen molar-refractivity contribution in [3.05, 3.63) is 35.9 Å². The van der Waals surface area contributed by atoms with E-state index in [4.69, 9.17) is 0 Å². The molecular weight excluding hydrogens is 260 g/mol. The van der Waals surface area contributed by atoms with Crippen LogP contribution >= 0.6 is 12.4 Å². The first-order valence-electron chi connectivity index (χ1n) is 6.74. The third-order valence-corrected chi connectivity index (χ3v) is 3.77. The molecule has 19 heavy (non-hydrogen) atoms. The van der Waals surface area contributed by atoms with E-state index in [2.05, 4.69) is 5.32 Å². The molecule has 2 rings (SSSR count). The van der Waals surface area contributed by atoms with Gasteiger partial charge in [0.05, 0.1) is 5.92 Å². The lowest BCUT2D eigenvalue weighted by Crippen LogP contribution is -2.42. The first kappa shape index (κ1) is 16.0. The standard InChI is InChI=1S/C15H22N2O.ClH/c1-12(13-7-4-3-5-8-13)15(18)17-10-6-9-14(17)11-16-2;/h3-5,7-8,12,14,16H,6,9-11H2,1-2H3;1H. The smallest absolute Gasteiger partial charge is 0.230 e. The average molecular weight is 283 g/mol. The van der Waals surface area contributed by atoms with Crippen LogP contribution in [0.1, 0.15) is 31.2 Å². The molecule has 0 spiro atoms. The van der Waals surface area contributed by atoms with Gasteiger partial charge >= 0.3 is 0 Å². The van der Waals surface area contributed by atoms with Crippen LogP contribution in [0.25, 0.3) is 0 Å². The van der Waals surface area contributed by atoms with Gasteiger partial charge in [0.15, 0.2) is 0 Å². The van der Waals surface area contributed by atoms with E-state index in [0.29, 0.717) is 6.04 Å². The van der Waals surface area contributed by atoms with Crippen molar-refractivity contribution in [3.8, 4) is 0 Å². The fraction of sp³-hybridized carbons (Fsp3) is 0.533. The maximum absolute atomic E-state index is 12.5. The van der Waals surface area contributed by atoms with Gasteiger partial charge in [0, 0.05) is 19.1 Å². The predicted molar refractivity (Wildman–Crippen MR) is 80.8 cm³/mol. The lowest BCUT2D eigenvalue weighted by molar-refractivity contribution is -0.133. The van der Waals surface area contributed by atoms with Crippen molar-refractivity contribution >= 4 is 18.3 Å². The number of hydrogen-bond acceptors (Lipinski definition) is 2. The lowest BCUT2D eigenvalue weighted by Gasteiger charge is -2.27. The number of nitrogens with zero attached hydrogens (tertiary/aromatic N) is 1. The monoisotopic (exact) mass is 282 g/mol. The Hall–Kier alpha value is -1.06. The van der Waals surface area contributed by atoms with Crippen molar-refractivity contribution in [2.45, 2.75) is 31.7 Å². The summed E-state index contributed by atoms with van der Waals surface area (Å²) in [6.07, 6.45) is 2.24. The van der Waals surface area contributed by atoms with Crippen molar-refractivity contribution in [1.29, 1.82) is 0 Å². The van der Waals surface area contributed by atoms with Gasteiger partial charge in [-0.05, 0) is 32.4 Å². The molecule has 1 N–H and O–H groups in total. The predicted octanol–water partition coefficient (Wildman–Crippen LogP) is 2.42. The summed E-state index contributed by atoms with van der Waals surface area (Å²) in [6, 6.07) is 10.4. The second-order valence-electron chi connectivity index (χ2n) is 5.02. The molecule has 4 heteroatoms. The molecule has 0 saturated carbocycles. The van der Waals surface area contributed by atoms with Crippen LogP contribution in [-0.2, 0) is 4.79 Å². The Balaban J connectivity index is 0.00000180. The second-order valence-corrected chi connectivity index (χ2v) is 5.02. The largest absolute Gasteiger partial charge is 0.338 e. The fourth-order valence-corrected chi connectivity index (χ4v) is 2.71. The van der Waals surface area contributed by atoms with E-state index >= 15 is 0 Å². The summed E-state index contributed by atoms with van der Waals surface area (Å²) in [6.45, 7) is 3.81. The Labute approximate surface area is 121 Å². The van der Waals surface area contributed by atoms with Crippen molar-refractivity contribution in [2.24, 2.45) is 0 Å². The minimum atomic E-state index is -0.0383. The molecule has 1 saturated heterocycles. The van der Waals surface area contributed by atoms with Crippen LogP contribution in [0.5, 0.6) is 0 Å². The summed E-state index contributed by atoms with van der Waals surface area (Å²) in [5.41, 5.74) is 1.11. The van der Waals surface area contributed by atoms with Crippen LogP contribution in [0.3, 0.4) is 0 Å². The number of carbonyl (C=O) groups excluding carboxylic acids is 1. The van der Waals surface area contributed by atoms with Crippen LogP contribution in [0, 0.1) is 0 Å². The van der Waals surface area contributed by atoms with E-state index in [1.54, 1.807) is 0 Å². The Bertz CT molecular complexity index is 396. The molecule has 1 aromatic rings. The third kappa shape index (κ3) is 3.71. The van der Waals surface area contributed by atoms with Crippen LogP contribution in [0.2, 0.25) is 0 Å². The molecule has 3 nitrogen and oxygen atoms in total. The van der Waals surface area contributed by atoms with E-state index < -0.39 is 0 Å². The van der Waals surface area contributed by atoms with Gasteiger partial charge in [0.25, 0.3) is 0 Å². The maximum Gasteiger partial charge on any atom is 0.230 e. The molecule has 2 atom stereocenters. The summed E-state index contributed by atoms with van der Waals surface area (Å²) in [7, 11) is 1.95. The number of amides is 1. The number of halogens is 1. The summed E-state index contributed by atoms with van der Waals surface area (Å²) in [5.74, 6) is 0.225. The van der Waals surface area contributed by atoms with E-state index in [1.807, 2.05) is 49.2 Å². The number of nitrogens with one attached hydrogen (secondary N) is 1. The Morgan fingerprint density at radius 2 is 2.11 bits per heavy atom. The average Bonchev–Trinajstić information content (AvgIpc) is 2.87. The quantitative estimate of drug-likeness (QED) is 0.920. The molecule has 1 aliphatic heterocycles. The highest BCUT2D eigenvalue weighted by Crippen LogP contribution is 2.24. The second kappa shape index (κ2) is 7.51. The number of rotatable bonds is 4. The Morgan fingerprint density at radius 3 is 2.74 bits per heavy atom. The number of benzene rings is 1. The van der Waals surface area contributed by atoms with Gasteiger partial charge in [-0.3, -0.25) is 4.79 Å². The highest BCUT2D eigenvalue weighted by molar-refractivity contribution is 5.85. The number of likely N-dealkylation sites (N-methyl/N-ethyl adjacent to an activating group) is 1. The Kier molecular flexibility index (Phi) is 6.32.